The summed E-state index contributed by atoms with van der Waals surface area (Å²) in [5.74, 6) is 0. The van der Waals surface area contributed by atoms with Gasteiger partial charge >= 0.3 is 0 Å². The number of fused-ring (bicyclic) bond motifs is 1. The van der Waals surface area contributed by atoms with Crippen molar-refractivity contribution in [2.24, 2.45) is 7.05 Å². The van der Waals surface area contributed by atoms with Crippen LogP contribution in [0.25, 0.3) is 16.6 Å². The lowest BCUT2D eigenvalue weighted by molar-refractivity contribution is 0.665. The lowest BCUT2D eigenvalue weighted by Gasteiger charge is -2.07. The van der Waals surface area contributed by atoms with Crippen molar-refractivity contribution in [3.05, 3.63) is 93.4 Å². The van der Waals surface area contributed by atoms with Crippen molar-refractivity contribution in [1.29, 1.82) is 0 Å². The smallest absolute Gasteiger partial charge is 0.280 e. The van der Waals surface area contributed by atoms with Crippen molar-refractivity contribution in [3.63, 3.8) is 0 Å². The number of benzene rings is 1. The summed E-state index contributed by atoms with van der Waals surface area (Å²) in [6.07, 6.45) is 3.30. The summed E-state index contributed by atoms with van der Waals surface area (Å²) in [6.45, 7) is 0.329. The largest absolute Gasteiger partial charge is 0.309 e. The molecule has 0 N–H and O–H groups in total. The highest BCUT2D eigenvalue weighted by atomic mass is 16.1. The number of aryl methyl sites for hydroxylation is 1. The van der Waals surface area contributed by atoms with E-state index in [2.05, 4.69) is 4.98 Å². The van der Waals surface area contributed by atoms with E-state index in [4.69, 9.17) is 0 Å². The SMILES string of the molecule is Cn1c2cc(=O)n(Cc3ccccn3)cc2c(=O)n1-c1ccccc1. The van der Waals surface area contributed by atoms with Crippen molar-refractivity contribution < 1.29 is 0 Å². The van der Waals surface area contributed by atoms with E-state index in [9.17, 15) is 9.59 Å². The minimum absolute atomic E-state index is 0.154. The Morgan fingerprint density at radius 2 is 1.76 bits per heavy atom. The van der Waals surface area contributed by atoms with Crippen molar-refractivity contribution in [1.82, 2.24) is 18.9 Å². The van der Waals surface area contributed by atoms with Gasteiger partial charge in [-0.25, -0.2) is 4.68 Å². The van der Waals surface area contributed by atoms with Gasteiger partial charge in [0.15, 0.2) is 0 Å². The Hall–Kier alpha value is -3.41. The van der Waals surface area contributed by atoms with Crippen molar-refractivity contribution in [3.8, 4) is 5.69 Å². The maximum Gasteiger partial charge on any atom is 0.280 e. The van der Waals surface area contributed by atoms with Crippen LogP contribution in [0.2, 0.25) is 0 Å². The number of para-hydroxylation sites is 1. The first-order valence-corrected chi connectivity index (χ1v) is 7.93. The second-order valence-electron chi connectivity index (χ2n) is 5.84. The molecule has 0 atom stereocenters. The molecule has 0 saturated heterocycles. The lowest BCUT2D eigenvalue weighted by Crippen LogP contribution is -2.20. The molecule has 3 aromatic heterocycles. The Morgan fingerprint density at radius 3 is 2.48 bits per heavy atom. The molecule has 0 bridgehead atoms. The fourth-order valence-electron chi connectivity index (χ4n) is 3.00. The number of aromatic nitrogens is 4. The molecule has 4 aromatic rings. The van der Waals surface area contributed by atoms with Crippen LogP contribution in [0, 0.1) is 0 Å². The van der Waals surface area contributed by atoms with Gasteiger partial charge in [-0.05, 0) is 24.3 Å². The van der Waals surface area contributed by atoms with Crippen LogP contribution >= 0.6 is 0 Å². The van der Waals surface area contributed by atoms with Gasteiger partial charge in [-0.2, -0.15) is 0 Å². The van der Waals surface area contributed by atoms with Gasteiger partial charge < -0.3 is 4.57 Å². The molecule has 6 nitrogen and oxygen atoms in total. The van der Waals surface area contributed by atoms with Crippen LogP contribution in [0.15, 0.2) is 76.6 Å². The molecule has 0 fully saturated rings. The fraction of sp³-hybridized carbons (Fsp3) is 0.105. The average molecular weight is 332 g/mol. The third kappa shape index (κ3) is 2.57. The topological polar surface area (TPSA) is 61.8 Å². The lowest BCUT2D eigenvalue weighted by atomic mass is 10.3. The van der Waals surface area contributed by atoms with Crippen molar-refractivity contribution in [2.75, 3.05) is 0 Å². The maximum absolute atomic E-state index is 12.9. The minimum atomic E-state index is -0.168. The van der Waals surface area contributed by atoms with E-state index in [0.29, 0.717) is 17.4 Å². The molecule has 6 heteroatoms. The van der Waals surface area contributed by atoms with E-state index in [0.717, 1.165) is 11.4 Å². The highest BCUT2D eigenvalue weighted by Gasteiger charge is 2.14. The predicted octanol–water partition coefficient (Wildman–Crippen LogP) is 1.93. The zero-order chi connectivity index (χ0) is 17.4. The molecule has 0 aliphatic rings. The van der Waals surface area contributed by atoms with Gasteiger partial charge in [0, 0.05) is 25.5 Å². The van der Waals surface area contributed by atoms with Gasteiger partial charge in [-0.1, -0.05) is 24.3 Å². The molecule has 124 valence electrons. The zero-order valence-electron chi connectivity index (χ0n) is 13.7. The Bertz CT molecular complexity index is 1160. The standard InChI is InChI=1S/C19H16N4O2/c1-21-17-11-18(24)22(12-14-7-5-6-10-20-14)13-16(17)19(25)23(21)15-8-3-2-4-9-15/h2-11,13H,12H2,1H3. The number of pyridine rings is 2. The van der Waals surface area contributed by atoms with E-state index >= 15 is 0 Å². The van der Waals surface area contributed by atoms with Crippen LogP contribution in [0.3, 0.4) is 0 Å². The van der Waals surface area contributed by atoms with E-state index in [1.54, 1.807) is 28.8 Å². The van der Waals surface area contributed by atoms with E-state index < -0.39 is 0 Å². The molecule has 1 aromatic carbocycles. The molecule has 0 saturated carbocycles. The van der Waals surface area contributed by atoms with Crippen molar-refractivity contribution in [2.45, 2.75) is 6.54 Å². The molecule has 0 unspecified atom stereocenters. The second kappa shape index (κ2) is 5.90. The zero-order valence-corrected chi connectivity index (χ0v) is 13.7. The Labute approximate surface area is 143 Å². The van der Waals surface area contributed by atoms with Crippen LogP contribution in [0.5, 0.6) is 0 Å². The molecule has 0 aliphatic carbocycles. The summed E-state index contributed by atoms with van der Waals surface area (Å²) in [5.41, 5.74) is 1.81. The highest BCUT2D eigenvalue weighted by molar-refractivity contribution is 5.78. The molecular weight excluding hydrogens is 316 g/mol. The quantitative estimate of drug-likeness (QED) is 0.576. The number of rotatable bonds is 3. The van der Waals surface area contributed by atoms with Crippen LogP contribution in [-0.4, -0.2) is 18.9 Å². The minimum Gasteiger partial charge on any atom is -0.309 e. The van der Waals surface area contributed by atoms with Gasteiger partial charge in [-0.3, -0.25) is 19.3 Å². The molecule has 0 aliphatic heterocycles. The molecule has 0 radical (unpaired) electrons. The molecule has 25 heavy (non-hydrogen) atoms. The summed E-state index contributed by atoms with van der Waals surface area (Å²) in [6, 6.07) is 16.4. The predicted molar refractivity (Wildman–Crippen MR) is 96.1 cm³/mol. The van der Waals surface area contributed by atoms with Gasteiger partial charge in [0.2, 0.25) is 0 Å². The van der Waals surface area contributed by atoms with E-state index in [-0.39, 0.29) is 11.1 Å². The number of hydrogen-bond donors (Lipinski definition) is 0. The van der Waals surface area contributed by atoms with Crippen LogP contribution in [0.1, 0.15) is 5.69 Å². The Kier molecular flexibility index (Phi) is 3.57. The van der Waals surface area contributed by atoms with Crippen LogP contribution < -0.4 is 11.1 Å². The maximum atomic E-state index is 12.9. The first-order chi connectivity index (χ1) is 12.1. The highest BCUT2D eigenvalue weighted by Crippen LogP contribution is 2.12. The third-order valence-corrected chi connectivity index (χ3v) is 4.23. The monoisotopic (exact) mass is 332 g/mol. The molecule has 4 rings (SSSR count). The van der Waals surface area contributed by atoms with E-state index in [1.807, 2.05) is 48.5 Å². The Morgan fingerprint density at radius 1 is 1.00 bits per heavy atom. The van der Waals surface area contributed by atoms with Crippen LogP contribution in [0.4, 0.5) is 0 Å². The first-order valence-electron chi connectivity index (χ1n) is 7.93. The molecule has 3 heterocycles. The van der Waals surface area contributed by atoms with Crippen molar-refractivity contribution >= 4 is 10.9 Å². The normalized spacial score (nSPS) is 11.1. The summed E-state index contributed by atoms with van der Waals surface area (Å²) >= 11 is 0. The summed E-state index contributed by atoms with van der Waals surface area (Å²) in [7, 11) is 1.78. The van der Waals surface area contributed by atoms with Gasteiger partial charge in [0.1, 0.15) is 0 Å². The fourth-order valence-corrected chi connectivity index (χ4v) is 3.00. The summed E-state index contributed by atoms with van der Waals surface area (Å²) < 4.78 is 4.79. The van der Waals surface area contributed by atoms with Gasteiger partial charge in [0.25, 0.3) is 11.1 Å². The molecule has 0 amide bonds. The molecule has 0 spiro atoms. The second-order valence-corrected chi connectivity index (χ2v) is 5.84. The number of nitrogens with zero attached hydrogens (tertiary/aromatic N) is 4. The summed E-state index contributed by atoms with van der Waals surface area (Å²) in [5, 5.41) is 0.502. The van der Waals surface area contributed by atoms with Crippen LogP contribution in [-0.2, 0) is 13.6 Å². The number of hydrogen-bond acceptors (Lipinski definition) is 3. The Balaban J connectivity index is 1.91. The average Bonchev–Trinajstić information content (AvgIpc) is 2.87. The summed E-state index contributed by atoms with van der Waals surface area (Å²) in [4.78, 5) is 29.6. The third-order valence-electron chi connectivity index (χ3n) is 4.23. The first kappa shape index (κ1) is 15.1. The van der Waals surface area contributed by atoms with Gasteiger partial charge in [-0.15, -0.1) is 0 Å². The van der Waals surface area contributed by atoms with E-state index in [1.165, 1.54) is 10.6 Å². The molecular formula is C19H16N4O2. The van der Waals surface area contributed by atoms with Gasteiger partial charge in [0.05, 0.1) is 28.8 Å².